The Morgan fingerprint density at radius 3 is 1.94 bits per heavy atom. The quantitative estimate of drug-likeness (QED) is 0.421. The molecule has 0 aliphatic rings. The molecule has 0 aromatic rings. The number of hydrogen-bond donors (Lipinski definition) is 4. The maximum Gasteiger partial charge on any atom is 0.317 e. The van der Waals surface area contributed by atoms with Gasteiger partial charge >= 0.3 is 17.9 Å². The summed E-state index contributed by atoms with van der Waals surface area (Å²) >= 11 is 0. The number of rotatable bonds is 8. The van der Waals surface area contributed by atoms with E-state index in [1.165, 1.54) is 7.05 Å². The highest BCUT2D eigenvalue weighted by Gasteiger charge is 2.28. The highest BCUT2D eigenvalue weighted by atomic mass is 16.4. The molecule has 0 aliphatic heterocycles. The van der Waals surface area contributed by atoms with Gasteiger partial charge in [0.1, 0.15) is 0 Å². The van der Waals surface area contributed by atoms with Crippen LogP contribution in [0, 0.1) is 5.92 Å². The normalized spacial score (nSPS) is 12.4. The van der Waals surface area contributed by atoms with Crippen molar-refractivity contribution in [1.82, 2.24) is 5.32 Å². The molecule has 0 radical (unpaired) electrons. The third-order valence-corrected chi connectivity index (χ3v) is 2.23. The first-order chi connectivity index (χ1) is 7.38. The molecule has 0 heterocycles. The predicted octanol–water partition coefficient (Wildman–Crippen LogP) is -0.385. The molecule has 0 spiro atoms. The second kappa shape index (κ2) is 6.78. The Kier molecular flexibility index (Phi) is 6.09. The van der Waals surface area contributed by atoms with Crippen LogP contribution in [0.4, 0.5) is 0 Å². The lowest BCUT2D eigenvalue weighted by molar-refractivity contribution is -0.155. The molecule has 0 amide bonds. The van der Waals surface area contributed by atoms with Crippen molar-refractivity contribution in [3.63, 3.8) is 0 Å². The highest BCUT2D eigenvalue weighted by molar-refractivity contribution is 5.92. The zero-order valence-corrected chi connectivity index (χ0v) is 8.84. The van der Waals surface area contributed by atoms with Crippen molar-refractivity contribution in [2.75, 3.05) is 7.05 Å². The molecule has 1 unspecified atom stereocenters. The average Bonchev–Trinajstić information content (AvgIpc) is 2.16. The molecule has 0 saturated carbocycles. The van der Waals surface area contributed by atoms with E-state index in [-0.39, 0.29) is 19.3 Å². The molecule has 92 valence electrons. The summed E-state index contributed by atoms with van der Waals surface area (Å²) in [5.74, 6) is -5.33. The summed E-state index contributed by atoms with van der Waals surface area (Å²) in [5.41, 5.74) is 0. The molecule has 4 N–H and O–H groups in total. The number of carbonyl (C=O) groups is 3. The Labute approximate surface area is 92.1 Å². The lowest BCUT2D eigenvalue weighted by Gasteiger charge is -2.17. The van der Waals surface area contributed by atoms with Crippen LogP contribution in [-0.4, -0.2) is 46.3 Å². The number of carboxylic acids is 3. The van der Waals surface area contributed by atoms with E-state index in [1.54, 1.807) is 0 Å². The van der Waals surface area contributed by atoms with Gasteiger partial charge in [-0.1, -0.05) is 0 Å². The van der Waals surface area contributed by atoms with Gasteiger partial charge in [-0.25, -0.2) is 0 Å². The van der Waals surface area contributed by atoms with Crippen LogP contribution in [0.25, 0.3) is 0 Å². The minimum atomic E-state index is -1.51. The third kappa shape index (κ3) is 5.30. The molecule has 1 atom stereocenters. The van der Waals surface area contributed by atoms with E-state index in [1.807, 2.05) is 0 Å². The predicted molar refractivity (Wildman–Crippen MR) is 53.1 cm³/mol. The largest absolute Gasteiger partial charge is 0.481 e. The molecule has 7 heteroatoms. The molecule has 0 saturated heterocycles. The van der Waals surface area contributed by atoms with Gasteiger partial charge in [-0.15, -0.1) is 0 Å². The van der Waals surface area contributed by atoms with Crippen LogP contribution in [0.1, 0.15) is 19.3 Å². The van der Waals surface area contributed by atoms with E-state index in [4.69, 9.17) is 15.3 Å². The minimum absolute atomic E-state index is 0.128. The van der Waals surface area contributed by atoms with Gasteiger partial charge in [0.15, 0.2) is 5.92 Å². The molecule has 0 aromatic carbocycles. The van der Waals surface area contributed by atoms with Crippen molar-refractivity contribution in [2.24, 2.45) is 5.92 Å². The lowest BCUT2D eigenvalue weighted by atomic mass is 9.97. The summed E-state index contributed by atoms with van der Waals surface area (Å²) in [4.78, 5) is 31.5. The minimum Gasteiger partial charge on any atom is -0.481 e. The molecular weight excluding hydrogens is 218 g/mol. The lowest BCUT2D eigenvalue weighted by Crippen LogP contribution is -2.34. The first-order valence-corrected chi connectivity index (χ1v) is 4.73. The molecule has 7 nitrogen and oxygen atoms in total. The summed E-state index contributed by atoms with van der Waals surface area (Å²) in [6.07, 6.45) is -0.0607. The van der Waals surface area contributed by atoms with Crippen LogP contribution >= 0.6 is 0 Å². The van der Waals surface area contributed by atoms with Gasteiger partial charge in [-0.2, -0.15) is 0 Å². The Bertz CT molecular complexity index is 263. The first kappa shape index (κ1) is 14.4. The van der Waals surface area contributed by atoms with Gasteiger partial charge in [0, 0.05) is 12.5 Å². The summed E-state index contributed by atoms with van der Waals surface area (Å²) < 4.78 is 0. The highest BCUT2D eigenvalue weighted by Crippen LogP contribution is 2.11. The summed E-state index contributed by atoms with van der Waals surface area (Å²) in [7, 11) is 1.53. The molecule has 0 aliphatic carbocycles. The number of aliphatic carboxylic acids is 3. The molecule has 0 bridgehead atoms. The first-order valence-electron chi connectivity index (χ1n) is 4.73. The van der Waals surface area contributed by atoms with Crippen LogP contribution in [0.2, 0.25) is 0 Å². The second-order valence-electron chi connectivity index (χ2n) is 3.38. The Morgan fingerprint density at radius 1 is 1.12 bits per heavy atom. The smallest absolute Gasteiger partial charge is 0.317 e. The van der Waals surface area contributed by atoms with Crippen molar-refractivity contribution in [2.45, 2.75) is 25.3 Å². The molecule has 0 rings (SSSR count). The third-order valence-electron chi connectivity index (χ3n) is 2.23. The van der Waals surface area contributed by atoms with E-state index < -0.39 is 29.9 Å². The number of carboxylic acid groups (broad SMARTS) is 3. The van der Waals surface area contributed by atoms with Gasteiger partial charge in [0.2, 0.25) is 0 Å². The van der Waals surface area contributed by atoms with Crippen LogP contribution in [-0.2, 0) is 14.4 Å². The zero-order valence-electron chi connectivity index (χ0n) is 8.84. The SMILES string of the molecule is CNC(CCC(=O)O)CC(C(=O)O)C(=O)O. The van der Waals surface area contributed by atoms with Crippen molar-refractivity contribution in [3.05, 3.63) is 0 Å². The molecule has 0 aromatic heterocycles. The van der Waals surface area contributed by atoms with Gasteiger partial charge in [-0.05, 0) is 19.9 Å². The monoisotopic (exact) mass is 233 g/mol. The van der Waals surface area contributed by atoms with E-state index >= 15 is 0 Å². The standard InChI is InChI=1S/C9H15NO6/c1-10-5(2-3-7(11)12)4-6(8(13)14)9(15)16/h5-6,10H,2-4H2,1H3,(H,11,12)(H,13,14)(H,15,16). The van der Waals surface area contributed by atoms with Crippen LogP contribution in [0.3, 0.4) is 0 Å². The number of nitrogens with one attached hydrogen (secondary N) is 1. The van der Waals surface area contributed by atoms with Crippen LogP contribution in [0.5, 0.6) is 0 Å². The Balaban J connectivity index is 4.32. The summed E-state index contributed by atoms with van der Waals surface area (Å²) in [6, 6.07) is -0.437. The van der Waals surface area contributed by atoms with Crippen molar-refractivity contribution < 1.29 is 29.7 Å². The maximum atomic E-state index is 10.6. The van der Waals surface area contributed by atoms with E-state index in [0.717, 1.165) is 0 Å². The summed E-state index contributed by atoms with van der Waals surface area (Å²) in [5, 5.41) is 28.4. The van der Waals surface area contributed by atoms with E-state index in [2.05, 4.69) is 5.32 Å². The van der Waals surface area contributed by atoms with Crippen LogP contribution < -0.4 is 5.32 Å². The maximum absolute atomic E-state index is 10.6. The van der Waals surface area contributed by atoms with E-state index in [0.29, 0.717) is 0 Å². The Morgan fingerprint density at radius 2 is 1.62 bits per heavy atom. The number of hydrogen-bond acceptors (Lipinski definition) is 4. The topological polar surface area (TPSA) is 124 Å². The van der Waals surface area contributed by atoms with Gasteiger partial charge in [0.25, 0.3) is 0 Å². The van der Waals surface area contributed by atoms with Crippen molar-refractivity contribution in [3.8, 4) is 0 Å². The fraction of sp³-hybridized carbons (Fsp3) is 0.667. The average molecular weight is 233 g/mol. The summed E-state index contributed by atoms with van der Waals surface area (Å²) in [6.45, 7) is 0. The van der Waals surface area contributed by atoms with Gasteiger partial charge in [0.05, 0.1) is 0 Å². The molecular formula is C9H15NO6. The van der Waals surface area contributed by atoms with E-state index in [9.17, 15) is 14.4 Å². The molecule has 16 heavy (non-hydrogen) atoms. The fourth-order valence-electron chi connectivity index (χ4n) is 1.27. The van der Waals surface area contributed by atoms with Gasteiger partial charge in [-0.3, -0.25) is 14.4 Å². The zero-order chi connectivity index (χ0) is 12.7. The van der Waals surface area contributed by atoms with Crippen molar-refractivity contribution >= 4 is 17.9 Å². The second-order valence-corrected chi connectivity index (χ2v) is 3.38. The molecule has 0 fully saturated rings. The van der Waals surface area contributed by atoms with Gasteiger partial charge < -0.3 is 20.6 Å². The fourth-order valence-corrected chi connectivity index (χ4v) is 1.27. The van der Waals surface area contributed by atoms with Crippen molar-refractivity contribution in [1.29, 1.82) is 0 Å². The Hall–Kier alpha value is -1.63. The van der Waals surface area contributed by atoms with Crippen LogP contribution in [0.15, 0.2) is 0 Å².